The van der Waals surface area contributed by atoms with Crippen molar-refractivity contribution in [3.63, 3.8) is 0 Å². The van der Waals surface area contributed by atoms with E-state index in [9.17, 15) is 17.6 Å². The Hall–Kier alpha value is -1.10. The summed E-state index contributed by atoms with van der Waals surface area (Å²) in [5, 5.41) is 0. The molecule has 1 aliphatic carbocycles. The molecular weight excluding hydrogens is 234 g/mol. The Bertz CT molecular complexity index is 437. The van der Waals surface area contributed by atoms with Crippen LogP contribution in [-0.2, 0) is 11.6 Å². The standard InChI is InChI=1S/C12H13F4N/c1-7-5-11(7,6-17)9-3-2-8(4-10(9)13)12(14,15)16/h2-4,7H,5-6,17H2,1H3. The van der Waals surface area contributed by atoms with E-state index in [-0.39, 0.29) is 12.5 Å². The summed E-state index contributed by atoms with van der Waals surface area (Å²) in [5.41, 5.74) is 4.48. The first-order valence-electron chi connectivity index (χ1n) is 5.38. The Morgan fingerprint density at radius 2 is 2.00 bits per heavy atom. The van der Waals surface area contributed by atoms with Gasteiger partial charge in [0.1, 0.15) is 5.82 Å². The number of halogens is 4. The van der Waals surface area contributed by atoms with E-state index in [0.717, 1.165) is 12.5 Å². The Kier molecular flexibility index (Phi) is 2.69. The number of hydrogen-bond donors (Lipinski definition) is 1. The fraction of sp³-hybridized carbons (Fsp3) is 0.500. The molecule has 1 nitrogen and oxygen atoms in total. The van der Waals surface area contributed by atoms with Crippen LogP contribution in [-0.4, -0.2) is 6.54 Å². The molecule has 0 saturated heterocycles. The van der Waals surface area contributed by atoms with Gasteiger partial charge in [-0.05, 0) is 30.0 Å². The number of hydrogen-bond acceptors (Lipinski definition) is 1. The second kappa shape index (κ2) is 3.70. The third-order valence-corrected chi connectivity index (χ3v) is 3.65. The first kappa shape index (κ1) is 12.4. The average molecular weight is 247 g/mol. The van der Waals surface area contributed by atoms with E-state index >= 15 is 0 Å². The molecule has 0 radical (unpaired) electrons. The number of benzene rings is 1. The van der Waals surface area contributed by atoms with E-state index in [1.54, 1.807) is 0 Å². The van der Waals surface area contributed by atoms with Gasteiger partial charge in [0.15, 0.2) is 0 Å². The van der Waals surface area contributed by atoms with Crippen molar-refractivity contribution in [2.24, 2.45) is 11.7 Å². The van der Waals surface area contributed by atoms with E-state index in [1.807, 2.05) is 6.92 Å². The van der Waals surface area contributed by atoms with E-state index in [2.05, 4.69) is 0 Å². The molecule has 0 spiro atoms. The largest absolute Gasteiger partial charge is 0.416 e. The van der Waals surface area contributed by atoms with Crippen molar-refractivity contribution < 1.29 is 17.6 Å². The zero-order valence-electron chi connectivity index (χ0n) is 9.31. The predicted octanol–water partition coefficient (Wildman–Crippen LogP) is 3.08. The van der Waals surface area contributed by atoms with Crippen LogP contribution >= 0.6 is 0 Å². The summed E-state index contributed by atoms with van der Waals surface area (Å²) < 4.78 is 50.9. The minimum Gasteiger partial charge on any atom is -0.330 e. The van der Waals surface area contributed by atoms with Gasteiger partial charge < -0.3 is 5.73 Å². The highest BCUT2D eigenvalue weighted by Gasteiger charge is 2.52. The third-order valence-electron chi connectivity index (χ3n) is 3.65. The van der Waals surface area contributed by atoms with Crippen LogP contribution in [0, 0.1) is 11.7 Å². The minimum absolute atomic E-state index is 0.221. The molecule has 1 fully saturated rings. The van der Waals surface area contributed by atoms with Gasteiger partial charge in [-0.3, -0.25) is 0 Å². The van der Waals surface area contributed by atoms with Crippen molar-refractivity contribution in [1.29, 1.82) is 0 Å². The van der Waals surface area contributed by atoms with Gasteiger partial charge in [0.25, 0.3) is 0 Å². The normalized spacial score (nSPS) is 28.2. The van der Waals surface area contributed by atoms with Crippen molar-refractivity contribution in [3.8, 4) is 0 Å². The number of alkyl halides is 3. The first-order chi connectivity index (χ1) is 7.81. The van der Waals surface area contributed by atoms with E-state index < -0.39 is 23.0 Å². The maximum Gasteiger partial charge on any atom is 0.416 e. The summed E-state index contributed by atoms with van der Waals surface area (Å²) in [5.74, 6) is -0.589. The molecule has 0 bridgehead atoms. The first-order valence-corrected chi connectivity index (χ1v) is 5.38. The molecule has 0 heterocycles. The molecular formula is C12H13F4N. The molecule has 2 atom stereocenters. The van der Waals surface area contributed by atoms with E-state index in [0.29, 0.717) is 11.6 Å². The van der Waals surface area contributed by atoms with Crippen molar-refractivity contribution in [2.75, 3.05) is 6.54 Å². The number of nitrogens with two attached hydrogens (primary N) is 1. The molecule has 1 aromatic carbocycles. The maximum absolute atomic E-state index is 13.7. The summed E-state index contributed by atoms with van der Waals surface area (Å²) in [4.78, 5) is 0. The molecule has 1 aliphatic rings. The second-order valence-corrected chi connectivity index (χ2v) is 4.66. The van der Waals surface area contributed by atoms with Gasteiger partial charge >= 0.3 is 6.18 Å². The fourth-order valence-corrected chi connectivity index (χ4v) is 2.35. The topological polar surface area (TPSA) is 26.0 Å². The summed E-state index contributed by atoms with van der Waals surface area (Å²) in [6, 6.07) is 2.69. The Labute approximate surface area is 96.6 Å². The van der Waals surface area contributed by atoms with Crippen molar-refractivity contribution in [1.82, 2.24) is 0 Å². The van der Waals surface area contributed by atoms with Gasteiger partial charge in [0, 0.05) is 12.0 Å². The quantitative estimate of drug-likeness (QED) is 0.798. The van der Waals surface area contributed by atoms with Gasteiger partial charge in [-0.2, -0.15) is 13.2 Å². The van der Waals surface area contributed by atoms with Crippen LogP contribution in [0.1, 0.15) is 24.5 Å². The fourth-order valence-electron chi connectivity index (χ4n) is 2.35. The highest BCUT2D eigenvalue weighted by molar-refractivity contribution is 5.38. The Morgan fingerprint density at radius 3 is 2.35 bits per heavy atom. The lowest BCUT2D eigenvalue weighted by molar-refractivity contribution is -0.137. The number of rotatable bonds is 2. The Morgan fingerprint density at radius 1 is 1.41 bits per heavy atom. The third kappa shape index (κ3) is 1.92. The summed E-state index contributed by atoms with van der Waals surface area (Å²) >= 11 is 0. The molecule has 0 amide bonds. The van der Waals surface area contributed by atoms with Gasteiger partial charge in [0.2, 0.25) is 0 Å². The molecule has 94 valence electrons. The van der Waals surface area contributed by atoms with Crippen LogP contribution in [0.25, 0.3) is 0 Å². The summed E-state index contributed by atoms with van der Waals surface area (Å²) in [6.45, 7) is 2.18. The molecule has 0 aromatic heterocycles. The van der Waals surface area contributed by atoms with Crippen molar-refractivity contribution in [2.45, 2.75) is 24.9 Å². The molecule has 0 aliphatic heterocycles. The zero-order valence-corrected chi connectivity index (χ0v) is 9.31. The lowest BCUT2D eigenvalue weighted by Gasteiger charge is -2.17. The molecule has 1 aromatic rings. The van der Waals surface area contributed by atoms with Crippen LogP contribution in [0.4, 0.5) is 17.6 Å². The van der Waals surface area contributed by atoms with Gasteiger partial charge in [-0.25, -0.2) is 4.39 Å². The smallest absolute Gasteiger partial charge is 0.330 e. The van der Waals surface area contributed by atoms with Gasteiger partial charge in [0.05, 0.1) is 5.56 Å². The highest BCUT2D eigenvalue weighted by Crippen LogP contribution is 2.54. The van der Waals surface area contributed by atoms with E-state index in [1.165, 1.54) is 6.07 Å². The van der Waals surface area contributed by atoms with Crippen LogP contribution in [0.2, 0.25) is 0 Å². The van der Waals surface area contributed by atoms with Crippen LogP contribution in [0.5, 0.6) is 0 Å². The summed E-state index contributed by atoms with van der Waals surface area (Å²) in [6.07, 6.45) is -3.78. The maximum atomic E-state index is 13.7. The lowest BCUT2D eigenvalue weighted by atomic mass is 9.92. The molecule has 5 heteroatoms. The molecule has 2 rings (SSSR count). The molecule has 17 heavy (non-hydrogen) atoms. The minimum atomic E-state index is -4.51. The molecule has 2 N–H and O–H groups in total. The monoisotopic (exact) mass is 247 g/mol. The zero-order chi connectivity index (χ0) is 12.8. The van der Waals surface area contributed by atoms with Crippen LogP contribution in [0.3, 0.4) is 0 Å². The van der Waals surface area contributed by atoms with Crippen LogP contribution < -0.4 is 5.73 Å². The van der Waals surface area contributed by atoms with Crippen LogP contribution in [0.15, 0.2) is 18.2 Å². The second-order valence-electron chi connectivity index (χ2n) is 4.66. The lowest BCUT2D eigenvalue weighted by Crippen LogP contribution is -2.23. The van der Waals surface area contributed by atoms with Gasteiger partial charge in [-0.1, -0.05) is 13.0 Å². The average Bonchev–Trinajstić information content (AvgIpc) is 2.89. The molecule has 2 unspecified atom stereocenters. The van der Waals surface area contributed by atoms with Gasteiger partial charge in [-0.15, -0.1) is 0 Å². The summed E-state index contributed by atoms with van der Waals surface area (Å²) in [7, 11) is 0. The SMILES string of the molecule is CC1CC1(CN)c1ccc(C(F)(F)F)cc1F. The Balaban J connectivity index is 2.40. The predicted molar refractivity (Wildman–Crippen MR) is 55.9 cm³/mol. The highest BCUT2D eigenvalue weighted by atomic mass is 19.4. The van der Waals surface area contributed by atoms with Crippen molar-refractivity contribution >= 4 is 0 Å². The van der Waals surface area contributed by atoms with E-state index in [4.69, 9.17) is 5.73 Å². The molecule has 1 saturated carbocycles. The van der Waals surface area contributed by atoms with Crippen molar-refractivity contribution in [3.05, 3.63) is 35.1 Å².